The normalized spacial score (nSPS) is 14.9. The summed E-state index contributed by atoms with van der Waals surface area (Å²) in [5, 5.41) is 0.0587. The van der Waals surface area contributed by atoms with E-state index >= 15 is 0 Å². The third-order valence-corrected chi connectivity index (χ3v) is 10.1. The van der Waals surface area contributed by atoms with Crippen LogP contribution in [0.5, 0.6) is 0 Å². The maximum atomic E-state index is 12.8. The van der Waals surface area contributed by atoms with E-state index in [1.54, 1.807) is 48.5 Å². The van der Waals surface area contributed by atoms with Gasteiger partial charge in [0.05, 0.1) is 0 Å². The number of amides is 2. The molecule has 0 saturated carbocycles. The fourth-order valence-corrected chi connectivity index (χ4v) is 3.66. The topological polar surface area (TPSA) is 108 Å². The van der Waals surface area contributed by atoms with Crippen molar-refractivity contribution in [2.24, 2.45) is 11.1 Å². The van der Waals surface area contributed by atoms with Crippen LogP contribution in [0.1, 0.15) is 82.1 Å². The van der Waals surface area contributed by atoms with Crippen LogP contribution in [0, 0.1) is 5.41 Å². The molecule has 0 heterocycles. The van der Waals surface area contributed by atoms with Crippen molar-refractivity contribution in [1.82, 2.24) is 4.90 Å². The molecular formula is C24H48N2O6Si. The molecule has 0 spiro atoms. The maximum absolute atomic E-state index is 12.8. The minimum atomic E-state index is -1.95. The molecule has 0 aromatic carbocycles. The van der Waals surface area contributed by atoms with Gasteiger partial charge in [-0.1, -0.05) is 27.7 Å². The van der Waals surface area contributed by atoms with Gasteiger partial charge in [0.2, 0.25) is 0 Å². The van der Waals surface area contributed by atoms with Gasteiger partial charge in [-0.25, -0.2) is 14.5 Å². The van der Waals surface area contributed by atoms with E-state index in [1.807, 2.05) is 0 Å². The molecule has 33 heavy (non-hydrogen) atoms. The van der Waals surface area contributed by atoms with Gasteiger partial charge in [-0.3, -0.25) is 4.79 Å². The molecule has 0 radical (unpaired) electrons. The molecule has 9 heteroatoms. The van der Waals surface area contributed by atoms with Crippen LogP contribution >= 0.6 is 0 Å². The zero-order chi connectivity index (χ0) is 26.5. The van der Waals surface area contributed by atoms with Gasteiger partial charge < -0.3 is 19.6 Å². The number of rotatable bonds is 9. The lowest BCUT2D eigenvalue weighted by Gasteiger charge is -2.36. The Labute approximate surface area is 202 Å². The highest BCUT2D eigenvalue weighted by Gasteiger charge is 2.39. The number of nitrogens with zero attached hydrogens (tertiary/aromatic N) is 1. The van der Waals surface area contributed by atoms with Crippen LogP contribution in [0.15, 0.2) is 0 Å². The van der Waals surface area contributed by atoms with E-state index in [0.717, 1.165) is 4.90 Å². The summed E-state index contributed by atoms with van der Waals surface area (Å²) < 4.78 is 16.9. The van der Waals surface area contributed by atoms with Crippen molar-refractivity contribution in [3.63, 3.8) is 0 Å². The number of ether oxygens (including phenoxy) is 2. The molecule has 0 aromatic rings. The Kier molecular flexibility index (Phi) is 10.8. The summed E-state index contributed by atoms with van der Waals surface area (Å²) in [7, 11) is -1.95. The zero-order valence-corrected chi connectivity index (χ0v) is 24.0. The van der Waals surface area contributed by atoms with Crippen molar-refractivity contribution in [2.75, 3.05) is 19.7 Å². The quantitative estimate of drug-likeness (QED) is 0.427. The minimum absolute atomic E-state index is 0.0324. The van der Waals surface area contributed by atoms with Crippen molar-refractivity contribution >= 4 is 26.3 Å². The lowest BCUT2D eigenvalue weighted by atomic mass is 9.84. The third-order valence-electron chi connectivity index (χ3n) is 5.53. The van der Waals surface area contributed by atoms with E-state index < -0.39 is 37.1 Å². The summed E-state index contributed by atoms with van der Waals surface area (Å²) >= 11 is 0. The highest BCUT2D eigenvalue weighted by atomic mass is 28.4. The molecule has 0 aliphatic carbocycles. The lowest BCUT2D eigenvalue weighted by molar-refractivity contribution is -0.122. The Hall–Kier alpha value is -1.45. The fourth-order valence-electron chi connectivity index (χ4n) is 2.61. The summed E-state index contributed by atoms with van der Waals surface area (Å²) in [4.78, 5) is 39.3. The van der Waals surface area contributed by atoms with Crippen molar-refractivity contribution in [2.45, 2.75) is 111 Å². The Morgan fingerprint density at radius 2 is 1.24 bits per heavy atom. The summed E-state index contributed by atoms with van der Waals surface area (Å²) in [5.41, 5.74) is 3.58. The molecule has 0 aliphatic heterocycles. The van der Waals surface area contributed by atoms with E-state index in [4.69, 9.17) is 19.6 Å². The lowest BCUT2D eigenvalue weighted by Crippen LogP contribution is -2.50. The van der Waals surface area contributed by atoms with Gasteiger partial charge >= 0.3 is 12.2 Å². The summed E-state index contributed by atoms with van der Waals surface area (Å²) in [5.74, 6) is -0.0324. The molecule has 194 valence electrons. The maximum Gasteiger partial charge on any atom is 0.419 e. The molecule has 0 aliphatic rings. The predicted molar refractivity (Wildman–Crippen MR) is 134 cm³/mol. The first-order valence-corrected chi connectivity index (χ1v) is 14.5. The van der Waals surface area contributed by atoms with Crippen LogP contribution in [0.3, 0.4) is 0 Å². The second-order valence-corrected chi connectivity index (χ2v) is 17.4. The molecule has 2 N–H and O–H groups in total. The van der Waals surface area contributed by atoms with Crippen molar-refractivity contribution in [3.8, 4) is 0 Å². The first-order chi connectivity index (χ1) is 14.5. The third kappa shape index (κ3) is 12.0. The molecule has 1 atom stereocenters. The van der Waals surface area contributed by atoms with Gasteiger partial charge in [0, 0.05) is 31.4 Å². The van der Waals surface area contributed by atoms with Gasteiger partial charge in [0.1, 0.15) is 17.0 Å². The summed E-state index contributed by atoms with van der Waals surface area (Å²) in [6.07, 6.45) is -1.30. The van der Waals surface area contributed by atoms with Gasteiger partial charge in [-0.05, 0) is 66.2 Å². The van der Waals surface area contributed by atoms with E-state index in [9.17, 15) is 14.4 Å². The van der Waals surface area contributed by atoms with E-state index in [0.29, 0.717) is 6.61 Å². The number of ketones is 1. The molecule has 0 fully saturated rings. The highest BCUT2D eigenvalue weighted by Crippen LogP contribution is 2.36. The number of hydrogen-bond acceptors (Lipinski definition) is 7. The van der Waals surface area contributed by atoms with Crippen molar-refractivity contribution < 1.29 is 28.3 Å². The molecule has 0 bridgehead atoms. The first-order valence-electron chi connectivity index (χ1n) is 11.6. The van der Waals surface area contributed by atoms with Gasteiger partial charge in [0.15, 0.2) is 8.32 Å². The minimum Gasteiger partial charge on any atom is -0.443 e. The van der Waals surface area contributed by atoms with Crippen molar-refractivity contribution in [3.05, 3.63) is 0 Å². The molecule has 0 rings (SSSR count). The van der Waals surface area contributed by atoms with Crippen LogP contribution in [0.2, 0.25) is 18.1 Å². The molecule has 0 saturated heterocycles. The van der Waals surface area contributed by atoms with E-state index in [-0.39, 0.29) is 36.8 Å². The van der Waals surface area contributed by atoms with Crippen LogP contribution < -0.4 is 5.73 Å². The Morgan fingerprint density at radius 1 is 0.818 bits per heavy atom. The highest BCUT2D eigenvalue weighted by molar-refractivity contribution is 6.74. The van der Waals surface area contributed by atoms with Crippen molar-refractivity contribution in [1.29, 1.82) is 0 Å². The first kappa shape index (κ1) is 31.5. The summed E-state index contributed by atoms with van der Waals surface area (Å²) in [6.45, 7) is 23.1. The Bertz CT molecular complexity index is 661. The molecular weight excluding hydrogens is 440 g/mol. The van der Waals surface area contributed by atoms with Gasteiger partial charge in [-0.15, -0.1) is 0 Å². The number of carbonyl (C=O) groups excluding carboxylic acids is 3. The average molecular weight is 489 g/mol. The second-order valence-electron chi connectivity index (χ2n) is 12.6. The Morgan fingerprint density at radius 3 is 1.58 bits per heavy atom. The van der Waals surface area contributed by atoms with Gasteiger partial charge in [0.25, 0.3) is 0 Å². The summed E-state index contributed by atoms with van der Waals surface area (Å²) in [6, 6.07) is 0. The number of imide groups is 1. The van der Waals surface area contributed by atoms with Crippen LogP contribution in [-0.2, 0) is 18.7 Å². The average Bonchev–Trinajstić information content (AvgIpc) is 2.55. The number of carbonyl (C=O) groups is 3. The SMILES string of the molecule is CC(CN)(CC(=O)CCO[Si](C)(C)C(C)(C)C)CN(C(=O)OC(C)(C)C)C(=O)OC(C)(C)C. The number of hydrogen-bond donors (Lipinski definition) is 1. The number of Topliss-reactive ketones (excluding diaryl/α,β-unsaturated/α-hetero) is 1. The van der Waals surface area contributed by atoms with Crippen LogP contribution in [0.4, 0.5) is 9.59 Å². The fraction of sp³-hybridized carbons (Fsp3) is 0.875. The standard InChI is InChI=1S/C24H48N2O6Si/c1-21(2,3)31-19(28)26(20(29)32-22(4,5)6)17-24(10,16-25)15-18(27)13-14-30-33(11,12)23(7,8)9/h13-17,25H2,1-12H3. The Balaban J connectivity index is 5.41. The molecule has 2 amide bonds. The smallest absolute Gasteiger partial charge is 0.419 e. The zero-order valence-electron chi connectivity index (χ0n) is 23.0. The number of nitrogens with two attached hydrogens (primary N) is 1. The van der Waals surface area contributed by atoms with Gasteiger partial charge in [-0.2, -0.15) is 0 Å². The van der Waals surface area contributed by atoms with E-state index in [1.165, 1.54) is 0 Å². The molecule has 0 aromatic heterocycles. The monoisotopic (exact) mass is 488 g/mol. The van der Waals surface area contributed by atoms with Crippen LogP contribution in [0.25, 0.3) is 0 Å². The van der Waals surface area contributed by atoms with E-state index in [2.05, 4.69) is 33.9 Å². The largest absolute Gasteiger partial charge is 0.443 e. The second kappa shape index (κ2) is 11.3. The molecule has 8 nitrogen and oxygen atoms in total. The molecule has 1 unspecified atom stereocenters. The predicted octanol–water partition coefficient (Wildman–Crippen LogP) is 5.49. The van der Waals surface area contributed by atoms with Crippen LogP contribution in [-0.4, -0.2) is 62.1 Å².